The highest BCUT2D eigenvalue weighted by Gasteiger charge is 2.37. The Labute approximate surface area is 881 Å². The predicted octanol–water partition coefficient (Wildman–Crippen LogP) is 22.8. The molecule has 39 heteroatoms. The number of aliphatic carboxylic acids is 1. The number of esters is 2. The molecule has 3 atom stereocenters. The van der Waals surface area contributed by atoms with Crippen LogP contribution in [-0.4, -0.2) is 219 Å². The van der Waals surface area contributed by atoms with Gasteiger partial charge in [0.05, 0.1) is 80.9 Å². The van der Waals surface area contributed by atoms with Gasteiger partial charge >= 0.3 is 36.2 Å². The van der Waals surface area contributed by atoms with E-state index in [1.807, 2.05) is 129 Å². The number of Topliss-reactive ketones (excluding diaryl/α,β-unsaturated/α-hetero) is 3. The fourth-order valence-corrected chi connectivity index (χ4v) is 21.2. The lowest BCUT2D eigenvalue weighted by Gasteiger charge is -2.24. The number of amides is 6. The van der Waals surface area contributed by atoms with Crippen molar-refractivity contribution < 1.29 is 105 Å². The topological polar surface area (TPSA) is 345 Å². The molecule has 0 saturated carbocycles. The number of carbonyl (C=O) groups excluding carboxylic acids is 11. The first-order valence-corrected chi connectivity index (χ1v) is 54.3. The summed E-state index contributed by atoms with van der Waals surface area (Å²) in [5.41, 5.74) is 5.44. The van der Waals surface area contributed by atoms with E-state index in [2.05, 4.69) is 120 Å². The number of ketones is 3. The number of carbonyl (C=O) groups is 12. The Morgan fingerprint density at radius 1 is 0.504 bits per heavy atom. The van der Waals surface area contributed by atoms with E-state index in [0.717, 1.165) is 132 Å². The molecule has 6 aliphatic heterocycles. The van der Waals surface area contributed by atoms with Gasteiger partial charge in [-0.1, -0.05) is 97.8 Å². The monoisotopic (exact) mass is 2340 g/mol. The number of cyclic esters (lactones) is 3. The molecule has 3 N–H and O–H groups in total. The van der Waals surface area contributed by atoms with E-state index in [9.17, 15) is 57.5 Å². The van der Waals surface area contributed by atoms with E-state index >= 15 is 0 Å². The highest BCUT2D eigenvalue weighted by atomic mass is 79.9. The summed E-state index contributed by atoms with van der Waals surface area (Å²) >= 11 is 29.4. The van der Waals surface area contributed by atoms with Crippen molar-refractivity contribution in [1.29, 1.82) is 0 Å². The molecule has 0 aromatic heterocycles. The summed E-state index contributed by atoms with van der Waals surface area (Å²) in [5, 5.41) is 14.5. The van der Waals surface area contributed by atoms with E-state index in [1.165, 1.54) is 30.6 Å². The van der Waals surface area contributed by atoms with Gasteiger partial charge in [-0.05, 0) is 215 Å². The lowest BCUT2D eigenvalue weighted by atomic mass is 10.1. The third-order valence-corrected chi connectivity index (χ3v) is 28.9. The number of benzene rings is 8. The molecule has 8 aromatic carbocycles. The van der Waals surface area contributed by atoms with E-state index in [4.69, 9.17) is 43.0 Å². The number of anilines is 2. The highest BCUT2D eigenvalue weighted by molar-refractivity contribution is 9.11. The average Bonchev–Trinajstić information content (AvgIpc) is 1.67. The van der Waals surface area contributed by atoms with Crippen LogP contribution in [0.1, 0.15) is 154 Å². The number of rotatable bonds is 31. The van der Waals surface area contributed by atoms with Crippen molar-refractivity contribution in [3.63, 3.8) is 0 Å². The van der Waals surface area contributed by atoms with Gasteiger partial charge in [-0.15, -0.1) is 71.4 Å². The van der Waals surface area contributed by atoms with E-state index < -0.39 is 30.4 Å². The minimum atomic E-state index is -0.722. The second-order valence-electron chi connectivity index (χ2n) is 31.0. The van der Waals surface area contributed by atoms with Crippen LogP contribution in [0.2, 0.25) is 0 Å². The molecule has 750 valence electrons. The number of alkyl carbamates (subject to hydrolysis) is 1. The van der Waals surface area contributed by atoms with Crippen LogP contribution < -0.4 is 39.4 Å². The third-order valence-electron chi connectivity index (χ3n) is 20.5. The number of hydrogen-bond acceptors (Lipinski definition) is 27. The summed E-state index contributed by atoms with van der Waals surface area (Å²) in [5.74, 6) is 6.50. The van der Waals surface area contributed by atoms with Gasteiger partial charge in [0.2, 0.25) is 17.7 Å². The summed E-state index contributed by atoms with van der Waals surface area (Å²) in [7, 11) is 6.30. The van der Waals surface area contributed by atoms with Crippen LogP contribution in [0, 0.1) is 0 Å². The van der Waals surface area contributed by atoms with Gasteiger partial charge in [-0.3, -0.25) is 53.0 Å². The molecule has 14 rings (SSSR count). The number of fused-ring (bicyclic) bond motifs is 3. The number of carboxylic acids is 1. The Balaban J connectivity index is 0.000000225. The number of nitrogens with zero attached hydrogens (tertiary/aromatic N) is 4. The maximum Gasteiger partial charge on any atom is 0.414 e. The summed E-state index contributed by atoms with van der Waals surface area (Å²) in [6, 6.07) is 51.7. The molecule has 8 aromatic rings. The third kappa shape index (κ3) is 42.7. The number of nitrogens with one attached hydrogen (secondary N) is 2. The number of ether oxygens (including phenoxy) is 9. The first kappa shape index (κ1) is 117. The standard InChI is InChI=1S/C25H28N2O6S.C16H18N2O4S.C15H20N2O5.C12H15BrO2S.C10H11BrO2S.C10H9BrOS.C6H11BrO2.C6H5BrS/c1-16(28)26(13-17-6-8-19(31-2)12-23(17)32-3)14-20-15-27(25(30)33-20)18-7-9-21-22(29)5-4-10-34-24(21)11-18;1-10(19)17-8-12-9-18(16(21)22-12)11-4-5-13-14(20)3-2-6-23-15(13)7-11;1-10(18)17(9-13-7-16-15(19)22-13)8-11-4-5-12(20-2)6-14(11)21-3;1-2-15-12(14)7-4-8-16-11-6-3-5-10(13)9-11;11-8-3-1-4-9(7-8)14-6-2-5-10(12)13;11-7-3-4-8-9(12)2-1-5-13-10(8)6-7;1-2-9-6(8)4-3-5-7;7-5-2-1-3-6(8)4-5/h6-9,11-12,20H,4-5,10,13-15H2,1-3H3;4-5,7,12H,2-3,6,8-9H2,1H3,(H,17,19);4-6,13H,7-9H2,1-3H3,(H,16,19);3,5-6,9H,2,4,7-8H2,1H3;1,3-4,7H,2,5-6H2,(H,12,13);3-4,6H,1-2,5H2;2-5H2,1H3;1-4,8H/t20-;12-;13-;;;;;/m001...../s1. The zero-order chi connectivity index (χ0) is 101. The zero-order valence-corrected chi connectivity index (χ0v) is 91.7. The van der Waals surface area contributed by atoms with Gasteiger partial charge in [0.25, 0.3) is 0 Å². The molecule has 0 unspecified atom stereocenters. The molecule has 28 nitrogen and oxygen atoms in total. The van der Waals surface area contributed by atoms with Crippen LogP contribution in [0.4, 0.5) is 25.8 Å². The second-order valence-corrected chi connectivity index (χ2v) is 41.7. The summed E-state index contributed by atoms with van der Waals surface area (Å²) in [6.45, 7) is 11.7. The molecule has 0 aliphatic carbocycles. The van der Waals surface area contributed by atoms with Gasteiger partial charge in [0, 0.05) is 176 Å². The van der Waals surface area contributed by atoms with Gasteiger partial charge in [0.1, 0.15) is 41.3 Å². The van der Waals surface area contributed by atoms with Gasteiger partial charge < -0.3 is 68.2 Å². The quantitative estimate of drug-likeness (QED) is 0.00783. The molecule has 6 aliphatic rings. The summed E-state index contributed by atoms with van der Waals surface area (Å²) in [4.78, 5) is 151. The number of methoxy groups -OCH3 is 4. The smallest absolute Gasteiger partial charge is 0.414 e. The van der Waals surface area contributed by atoms with Crippen molar-refractivity contribution in [1.82, 2.24) is 20.4 Å². The van der Waals surface area contributed by atoms with Crippen LogP contribution in [0.3, 0.4) is 0 Å². The van der Waals surface area contributed by atoms with Crippen LogP contribution in [-0.2, 0) is 65.5 Å². The van der Waals surface area contributed by atoms with Crippen molar-refractivity contribution in [3.05, 3.63) is 210 Å². The number of hydrogen-bond donors (Lipinski definition) is 4. The first-order valence-electron chi connectivity index (χ1n) is 44.7. The number of halogens is 5. The fourth-order valence-electron chi connectivity index (χ4n) is 13.6. The molecule has 139 heavy (non-hydrogen) atoms. The van der Waals surface area contributed by atoms with Crippen LogP contribution >= 0.6 is 151 Å². The van der Waals surface area contributed by atoms with Crippen LogP contribution in [0.5, 0.6) is 23.0 Å². The van der Waals surface area contributed by atoms with Crippen molar-refractivity contribution in [2.45, 2.75) is 172 Å². The maximum atomic E-state index is 12.7. The summed E-state index contributed by atoms with van der Waals surface area (Å²) < 4.78 is 50.9. The zero-order valence-electron chi connectivity index (χ0n) is 78.8. The van der Waals surface area contributed by atoms with Crippen molar-refractivity contribution >= 4 is 234 Å². The molecule has 0 spiro atoms. The lowest BCUT2D eigenvalue weighted by molar-refractivity contribution is -0.144. The van der Waals surface area contributed by atoms with Crippen LogP contribution in [0.15, 0.2) is 211 Å². The summed E-state index contributed by atoms with van der Waals surface area (Å²) in [6.07, 6.45) is 5.75. The van der Waals surface area contributed by atoms with Crippen molar-refractivity contribution in [2.75, 3.05) is 125 Å². The largest absolute Gasteiger partial charge is 0.497 e. The van der Waals surface area contributed by atoms with Gasteiger partial charge in [-0.2, -0.15) is 0 Å². The molecule has 0 radical (unpaired) electrons. The minimum absolute atomic E-state index is 0.0965. The van der Waals surface area contributed by atoms with E-state index in [-0.39, 0.29) is 72.2 Å². The molecular weight excluding hydrogens is 2230 g/mol. The van der Waals surface area contributed by atoms with Crippen molar-refractivity contribution in [2.24, 2.45) is 0 Å². The molecule has 0 bridgehead atoms. The predicted molar refractivity (Wildman–Crippen MR) is 567 cm³/mol. The molecule has 3 fully saturated rings. The van der Waals surface area contributed by atoms with Gasteiger partial charge in [-0.25, -0.2) is 14.4 Å². The van der Waals surface area contributed by atoms with E-state index in [1.54, 1.807) is 143 Å². The van der Waals surface area contributed by atoms with Gasteiger partial charge in [0.15, 0.2) is 17.3 Å². The fraction of sp³-hybridized carbons (Fsp3) is 0.400. The minimum Gasteiger partial charge on any atom is -0.497 e. The highest BCUT2D eigenvalue weighted by Crippen LogP contribution is 2.38. The Kier molecular flexibility index (Phi) is 53.8. The lowest BCUT2D eigenvalue weighted by Crippen LogP contribution is -2.37. The van der Waals surface area contributed by atoms with E-state index in [0.29, 0.717) is 132 Å². The normalized spacial score (nSPS) is 15.2. The Bertz CT molecular complexity index is 5420. The molecular formula is C100H117Br5N6O22S6. The first-order chi connectivity index (χ1) is 66.7. The van der Waals surface area contributed by atoms with Crippen LogP contribution in [0.25, 0.3) is 0 Å². The SMILES string of the molecule is CC(=O)NC[C@H]1CN(c2ccc3c(c2)SCCCC3=O)C(=O)O1.CCOC(=O)CCCBr.CCOC(=O)CCCSc1cccc(Br)c1.COc1ccc(CN(C[C@H]2CN(c3ccc4c(c3)SCCCC4=O)C(=O)O2)C(C)=O)c(OC)c1.COc1ccc(CN(C[C@H]2CNC(=O)O2)C(C)=O)c(OC)c1.O=C(O)CCCSc1cccc(Br)c1.O=C1CCCSc2cc(Br)ccc21.Sc1cccc(Br)c1. The average molecular weight is 2350 g/mol. The number of alkyl halides is 1. The molecule has 6 amide bonds. The Morgan fingerprint density at radius 2 is 0.928 bits per heavy atom. The number of thioether (sulfide) groups is 5. The Hall–Kier alpha value is -8.90. The Morgan fingerprint density at radius 3 is 1.33 bits per heavy atom. The molecule has 3 saturated heterocycles. The molecule has 6 heterocycles. The number of carboxylic acid groups (broad SMARTS) is 1. The number of thiol groups is 1. The second kappa shape index (κ2) is 63.9. The van der Waals surface area contributed by atoms with Crippen molar-refractivity contribution in [3.8, 4) is 23.0 Å². The maximum absolute atomic E-state index is 12.7.